The monoisotopic (exact) mass is 1080 g/mol. The molecule has 3 fully saturated rings. The molecule has 75 heavy (non-hydrogen) atoms. The summed E-state index contributed by atoms with van der Waals surface area (Å²) in [5.74, 6) is -0.344. The van der Waals surface area contributed by atoms with Crippen molar-refractivity contribution in [3.8, 4) is 0 Å². The number of nitrogens with one attached hydrogen (secondary N) is 1. The minimum Gasteiger partial charge on any atom is -0.394 e. The van der Waals surface area contributed by atoms with Crippen LogP contribution in [0.4, 0.5) is 0 Å². The highest BCUT2D eigenvalue weighted by Crippen LogP contribution is 2.33. The Balaban J connectivity index is 1.33. The number of ether oxygens (including phenoxy) is 6. The van der Waals surface area contributed by atoms with Gasteiger partial charge in [0.1, 0.15) is 73.2 Å². The van der Waals surface area contributed by atoms with Gasteiger partial charge in [-0.05, 0) is 44.9 Å². The van der Waals surface area contributed by atoms with Crippen molar-refractivity contribution in [2.75, 3.05) is 26.4 Å². The Kier molecular flexibility index (Phi) is 36.1. The van der Waals surface area contributed by atoms with Crippen LogP contribution in [0.25, 0.3) is 0 Å². The second-order valence-electron chi connectivity index (χ2n) is 20.7. The van der Waals surface area contributed by atoms with E-state index in [4.69, 9.17) is 28.4 Å². The first-order valence-electron chi connectivity index (χ1n) is 28.7. The summed E-state index contributed by atoms with van der Waals surface area (Å²) in [5.41, 5.74) is 0. The minimum absolute atomic E-state index is 0.181. The number of hydrogen-bond acceptors (Lipinski definition) is 18. The van der Waals surface area contributed by atoms with Crippen molar-refractivity contribution in [3.05, 3.63) is 36.5 Å². The van der Waals surface area contributed by atoms with Crippen LogP contribution in [0.5, 0.6) is 0 Å². The summed E-state index contributed by atoms with van der Waals surface area (Å²) in [6.45, 7) is 1.30. The first kappa shape index (κ1) is 67.3. The van der Waals surface area contributed by atoms with E-state index in [0.29, 0.717) is 12.8 Å². The molecule has 0 aromatic rings. The van der Waals surface area contributed by atoms with Gasteiger partial charge in [-0.25, -0.2) is 0 Å². The van der Waals surface area contributed by atoms with E-state index >= 15 is 0 Å². The largest absolute Gasteiger partial charge is 0.394 e. The van der Waals surface area contributed by atoms with E-state index in [2.05, 4.69) is 36.5 Å². The van der Waals surface area contributed by atoms with Crippen LogP contribution in [0.15, 0.2) is 36.5 Å². The normalized spacial score (nSPS) is 31.5. The highest BCUT2D eigenvalue weighted by Gasteiger charge is 2.53. The van der Waals surface area contributed by atoms with Gasteiger partial charge in [0.05, 0.1) is 38.6 Å². The number of aliphatic hydroxyl groups is 11. The third kappa shape index (κ3) is 24.9. The van der Waals surface area contributed by atoms with E-state index in [1.54, 1.807) is 12.2 Å². The smallest absolute Gasteiger partial charge is 0.220 e. The van der Waals surface area contributed by atoms with Crippen LogP contribution in [0, 0.1) is 0 Å². The van der Waals surface area contributed by atoms with Crippen molar-refractivity contribution in [2.45, 2.75) is 285 Å². The molecular weight excluding hydrogens is 975 g/mol. The van der Waals surface area contributed by atoms with Gasteiger partial charge in [-0.1, -0.05) is 166 Å². The molecule has 1 amide bonds. The fraction of sp³-hybridized carbons (Fsp3) is 0.875. The molecule has 3 heterocycles. The lowest BCUT2D eigenvalue weighted by Gasteiger charge is -2.48. The summed E-state index contributed by atoms with van der Waals surface area (Å²) < 4.78 is 33.8. The Hall–Kier alpha value is -1.99. The molecule has 17 unspecified atom stereocenters. The molecule has 3 aliphatic heterocycles. The van der Waals surface area contributed by atoms with Gasteiger partial charge in [-0.3, -0.25) is 4.79 Å². The van der Waals surface area contributed by atoms with Crippen LogP contribution in [-0.4, -0.2) is 193 Å². The molecule has 0 radical (unpaired) electrons. The summed E-state index contributed by atoms with van der Waals surface area (Å²) in [5, 5.41) is 119. The second kappa shape index (κ2) is 40.2. The van der Waals surface area contributed by atoms with Crippen molar-refractivity contribution in [1.29, 1.82) is 0 Å². The molecule has 3 rings (SSSR count). The van der Waals surface area contributed by atoms with Crippen molar-refractivity contribution < 1.29 is 89.4 Å². The second-order valence-corrected chi connectivity index (χ2v) is 20.7. The molecule has 0 aromatic heterocycles. The average molecular weight is 1080 g/mol. The molecule has 0 spiro atoms. The van der Waals surface area contributed by atoms with E-state index in [9.17, 15) is 61.0 Å². The lowest BCUT2D eigenvalue weighted by molar-refractivity contribution is -0.379. The molecule has 19 nitrogen and oxygen atoms in total. The first-order chi connectivity index (χ1) is 36.3. The zero-order valence-corrected chi connectivity index (χ0v) is 45.3. The predicted molar refractivity (Wildman–Crippen MR) is 282 cm³/mol. The van der Waals surface area contributed by atoms with Gasteiger partial charge >= 0.3 is 0 Å². The molecule has 3 aliphatic rings. The number of carbonyl (C=O) groups excluding carboxylic acids is 1. The van der Waals surface area contributed by atoms with Crippen molar-refractivity contribution >= 4 is 5.91 Å². The lowest BCUT2D eigenvalue weighted by Crippen LogP contribution is -2.66. The van der Waals surface area contributed by atoms with Crippen molar-refractivity contribution in [2.24, 2.45) is 0 Å². The van der Waals surface area contributed by atoms with Gasteiger partial charge in [0.15, 0.2) is 18.9 Å². The number of allylic oxidation sites excluding steroid dienone is 5. The number of amides is 1. The Labute approximate surface area is 447 Å². The van der Waals surface area contributed by atoms with E-state index in [-0.39, 0.29) is 18.9 Å². The predicted octanol–water partition coefficient (Wildman–Crippen LogP) is 4.15. The summed E-state index contributed by atoms with van der Waals surface area (Å²) in [4.78, 5) is 12.6. The fourth-order valence-electron chi connectivity index (χ4n) is 9.68. The molecule has 438 valence electrons. The van der Waals surface area contributed by atoms with Gasteiger partial charge in [-0.2, -0.15) is 0 Å². The van der Waals surface area contributed by atoms with Gasteiger partial charge < -0.3 is 89.9 Å². The minimum atomic E-state index is -1.98. The number of carbonyl (C=O) groups is 1. The SMILES string of the molecule is CCCCCCCCCCCCCCCCCCCCC/C=C/CC/C=C/CC/C=C/C(O)C(COC1OC(CO)C(OC2OC(CO)C(OC3OC(CO)C(O)C(O)C3O)C(O)C2O)C(O)C1O)NC(=O)CCC. The van der Waals surface area contributed by atoms with Gasteiger partial charge in [-0.15, -0.1) is 0 Å². The summed E-state index contributed by atoms with van der Waals surface area (Å²) in [7, 11) is 0. The topological polar surface area (TPSA) is 307 Å². The fourth-order valence-corrected chi connectivity index (χ4v) is 9.68. The maximum Gasteiger partial charge on any atom is 0.220 e. The molecule has 0 bridgehead atoms. The van der Waals surface area contributed by atoms with E-state index < -0.39 is 124 Å². The van der Waals surface area contributed by atoms with Crippen LogP contribution in [0.3, 0.4) is 0 Å². The third-order valence-corrected chi connectivity index (χ3v) is 14.4. The van der Waals surface area contributed by atoms with Crippen LogP contribution in [-0.2, 0) is 33.2 Å². The maximum absolute atomic E-state index is 12.6. The van der Waals surface area contributed by atoms with E-state index in [0.717, 1.165) is 25.7 Å². The maximum atomic E-state index is 12.6. The average Bonchev–Trinajstić information content (AvgIpc) is 3.40. The van der Waals surface area contributed by atoms with Gasteiger partial charge in [0.25, 0.3) is 0 Å². The Morgan fingerprint density at radius 3 is 1.31 bits per heavy atom. The number of hydrogen-bond donors (Lipinski definition) is 12. The summed E-state index contributed by atoms with van der Waals surface area (Å²) in [6, 6.07) is -0.989. The number of rotatable bonds is 41. The van der Waals surface area contributed by atoms with Crippen molar-refractivity contribution in [3.63, 3.8) is 0 Å². The summed E-state index contributed by atoms with van der Waals surface area (Å²) in [6.07, 6.45) is 16.7. The van der Waals surface area contributed by atoms with Crippen molar-refractivity contribution in [1.82, 2.24) is 5.32 Å². The molecule has 0 aromatic carbocycles. The van der Waals surface area contributed by atoms with Gasteiger partial charge in [0, 0.05) is 6.42 Å². The molecule has 19 heteroatoms. The standard InChI is InChI=1S/C56H101NO18/c1-3-5-6-7-8-9-10-11-12-13-14-15-16-17-18-19-20-21-22-23-24-25-26-27-28-29-30-31-32-34-40(61)39(57-44(62)33-4-2)38-70-54-50(68)47(65)52(42(36-59)72-54)75-56-51(69)48(66)53(43(37-60)73-56)74-55-49(67)46(64)45(63)41(35-58)71-55/h24-25,28-29,32,34,39-43,45-56,58-61,63-69H,3-23,26-27,30-31,33,35-38H2,1-2H3,(H,57,62)/b25-24+,29-28+,34-32+. The zero-order chi connectivity index (χ0) is 54.8. The zero-order valence-electron chi connectivity index (χ0n) is 45.3. The van der Waals surface area contributed by atoms with Gasteiger partial charge in [0.2, 0.25) is 5.91 Å². The molecule has 12 N–H and O–H groups in total. The molecule has 0 aliphatic carbocycles. The molecular formula is C56H101NO18. The van der Waals surface area contributed by atoms with Crippen LogP contribution >= 0.6 is 0 Å². The van der Waals surface area contributed by atoms with Crippen LogP contribution in [0.1, 0.15) is 181 Å². The highest BCUT2D eigenvalue weighted by atomic mass is 16.8. The third-order valence-electron chi connectivity index (χ3n) is 14.4. The first-order valence-corrected chi connectivity index (χ1v) is 28.7. The van der Waals surface area contributed by atoms with E-state index in [1.165, 1.54) is 122 Å². The highest BCUT2D eigenvalue weighted by molar-refractivity contribution is 5.76. The Morgan fingerprint density at radius 2 is 0.853 bits per heavy atom. The molecule has 17 atom stereocenters. The number of aliphatic hydroxyl groups excluding tert-OH is 11. The summed E-state index contributed by atoms with van der Waals surface area (Å²) >= 11 is 0. The number of unbranched alkanes of at least 4 members (excludes halogenated alkanes) is 21. The lowest BCUT2D eigenvalue weighted by atomic mass is 9.96. The Morgan fingerprint density at radius 1 is 0.467 bits per heavy atom. The van der Waals surface area contributed by atoms with Crippen LogP contribution < -0.4 is 5.32 Å². The molecule has 3 saturated heterocycles. The quantitative estimate of drug-likeness (QED) is 0.0302. The van der Waals surface area contributed by atoms with Crippen LogP contribution in [0.2, 0.25) is 0 Å². The molecule has 0 saturated carbocycles. The van der Waals surface area contributed by atoms with E-state index in [1.807, 2.05) is 6.92 Å². The Bertz CT molecular complexity index is 1520.